The molecule has 0 aromatic heterocycles. The van der Waals surface area contributed by atoms with Gasteiger partial charge in [-0.2, -0.15) is 0 Å². The van der Waals surface area contributed by atoms with Crippen molar-refractivity contribution in [3.63, 3.8) is 0 Å². The molecule has 0 nitrogen and oxygen atoms in total. The third kappa shape index (κ3) is 1.49. The van der Waals surface area contributed by atoms with Gasteiger partial charge in [0, 0.05) is 0 Å². The topological polar surface area (TPSA) is 0 Å². The molecule has 1 aliphatic rings. The Bertz CT molecular complexity index is 62.0. The molecular formula is C5H6V+2. The third-order valence-electron chi connectivity index (χ3n) is 0.655. The van der Waals surface area contributed by atoms with Gasteiger partial charge in [-0.05, 0) is 6.42 Å². The van der Waals surface area contributed by atoms with Gasteiger partial charge in [-0.1, -0.05) is 24.3 Å². The molecule has 0 saturated heterocycles. The Morgan fingerprint density at radius 1 is 1.00 bits per heavy atom. The zero-order chi connectivity index (χ0) is 3.54. The minimum absolute atomic E-state index is 0. The van der Waals surface area contributed by atoms with Gasteiger partial charge in [-0.25, -0.2) is 0 Å². The van der Waals surface area contributed by atoms with Gasteiger partial charge >= 0.3 is 18.6 Å². The summed E-state index contributed by atoms with van der Waals surface area (Å²) in [6.45, 7) is 0. The van der Waals surface area contributed by atoms with Crippen LogP contribution in [0.4, 0.5) is 0 Å². The largest absolute Gasteiger partial charge is 2.00 e. The average Bonchev–Trinajstić information content (AvgIpc) is 1.76. The van der Waals surface area contributed by atoms with Crippen molar-refractivity contribution in [2.24, 2.45) is 0 Å². The molecule has 0 unspecified atom stereocenters. The molecule has 6 heavy (non-hydrogen) atoms. The number of rotatable bonds is 0. The van der Waals surface area contributed by atoms with Crippen molar-refractivity contribution < 1.29 is 18.6 Å². The van der Waals surface area contributed by atoms with E-state index in [4.69, 9.17) is 0 Å². The number of hydrogen-bond donors (Lipinski definition) is 0. The second-order valence-electron chi connectivity index (χ2n) is 1.09. The molecule has 0 N–H and O–H groups in total. The molecule has 0 fully saturated rings. The van der Waals surface area contributed by atoms with Gasteiger partial charge in [0.05, 0.1) is 0 Å². The number of allylic oxidation sites excluding steroid dienone is 4. The van der Waals surface area contributed by atoms with Gasteiger partial charge in [0.1, 0.15) is 0 Å². The van der Waals surface area contributed by atoms with Gasteiger partial charge in [0.25, 0.3) is 0 Å². The minimum Gasteiger partial charge on any atom is -0.0808 e. The van der Waals surface area contributed by atoms with Crippen LogP contribution in [0, 0.1) is 0 Å². The van der Waals surface area contributed by atoms with Crippen LogP contribution in [-0.4, -0.2) is 0 Å². The number of hydrogen-bond acceptors (Lipinski definition) is 0. The first kappa shape index (κ1) is 6.06. The molecule has 1 heteroatoms. The second kappa shape index (κ2) is 3.26. The van der Waals surface area contributed by atoms with E-state index in [1.54, 1.807) is 0 Å². The van der Waals surface area contributed by atoms with Gasteiger partial charge in [0.15, 0.2) is 0 Å². The van der Waals surface area contributed by atoms with Crippen LogP contribution in [0.15, 0.2) is 24.3 Å². The van der Waals surface area contributed by atoms with E-state index in [2.05, 4.69) is 24.3 Å². The van der Waals surface area contributed by atoms with E-state index >= 15 is 0 Å². The molecule has 1 rings (SSSR count). The summed E-state index contributed by atoms with van der Waals surface area (Å²) in [5.41, 5.74) is 0. The smallest absolute Gasteiger partial charge is 0.0808 e. The zero-order valence-electron chi connectivity index (χ0n) is 3.46. The normalized spacial score (nSPS) is 14.7. The Morgan fingerprint density at radius 3 is 1.67 bits per heavy atom. The predicted octanol–water partition coefficient (Wildman–Crippen LogP) is 1.50. The summed E-state index contributed by atoms with van der Waals surface area (Å²) in [6.07, 6.45) is 9.50. The van der Waals surface area contributed by atoms with E-state index in [0.29, 0.717) is 0 Å². The summed E-state index contributed by atoms with van der Waals surface area (Å²) in [5.74, 6) is 0. The van der Waals surface area contributed by atoms with E-state index in [1.807, 2.05) is 0 Å². The standard InChI is InChI=1S/C5H6.V/c1-2-4-5-3-1;/h1-4H,5H2;/q;+2. The molecule has 0 aromatic carbocycles. The van der Waals surface area contributed by atoms with Crippen molar-refractivity contribution in [2.45, 2.75) is 6.42 Å². The maximum Gasteiger partial charge on any atom is 2.00 e. The van der Waals surface area contributed by atoms with Crippen molar-refractivity contribution in [2.75, 3.05) is 0 Å². The van der Waals surface area contributed by atoms with Crippen LogP contribution < -0.4 is 0 Å². The Morgan fingerprint density at radius 2 is 1.50 bits per heavy atom. The summed E-state index contributed by atoms with van der Waals surface area (Å²) < 4.78 is 0. The molecule has 1 aliphatic carbocycles. The SMILES string of the molecule is C1=CCC=C1.[V+2]. The Kier molecular flexibility index (Phi) is 3.30. The van der Waals surface area contributed by atoms with Crippen molar-refractivity contribution in [3.8, 4) is 0 Å². The molecular weight excluding hydrogens is 111 g/mol. The van der Waals surface area contributed by atoms with Crippen LogP contribution in [-0.2, 0) is 18.6 Å². The van der Waals surface area contributed by atoms with E-state index in [1.165, 1.54) is 0 Å². The van der Waals surface area contributed by atoms with Crippen LogP contribution in [0.25, 0.3) is 0 Å². The van der Waals surface area contributed by atoms with Crippen LogP contribution in [0.2, 0.25) is 0 Å². The van der Waals surface area contributed by atoms with Crippen molar-refractivity contribution in [1.82, 2.24) is 0 Å². The molecule has 0 bridgehead atoms. The van der Waals surface area contributed by atoms with Crippen LogP contribution in [0.3, 0.4) is 0 Å². The van der Waals surface area contributed by atoms with Crippen LogP contribution >= 0.6 is 0 Å². The molecule has 0 heterocycles. The van der Waals surface area contributed by atoms with Crippen LogP contribution in [0.5, 0.6) is 0 Å². The van der Waals surface area contributed by atoms with E-state index < -0.39 is 0 Å². The van der Waals surface area contributed by atoms with Gasteiger partial charge in [0.2, 0.25) is 0 Å². The summed E-state index contributed by atoms with van der Waals surface area (Å²) in [4.78, 5) is 0. The fraction of sp³-hybridized carbons (Fsp3) is 0.200. The second-order valence-corrected chi connectivity index (χ2v) is 1.09. The summed E-state index contributed by atoms with van der Waals surface area (Å²) in [6, 6.07) is 0. The van der Waals surface area contributed by atoms with Crippen molar-refractivity contribution >= 4 is 0 Å². The average molecular weight is 117 g/mol. The Balaban J connectivity index is 0.000000250. The molecule has 0 amide bonds. The Labute approximate surface area is 49.8 Å². The quantitative estimate of drug-likeness (QED) is 0.451. The first-order chi connectivity index (χ1) is 2.50. The zero-order valence-corrected chi connectivity index (χ0v) is 4.86. The minimum atomic E-state index is 0. The summed E-state index contributed by atoms with van der Waals surface area (Å²) >= 11 is 0. The summed E-state index contributed by atoms with van der Waals surface area (Å²) in [5, 5.41) is 0. The Hall–Kier alpha value is 0.0644. The predicted molar refractivity (Wildman–Crippen MR) is 22.9 cm³/mol. The molecule has 0 aliphatic heterocycles. The maximum atomic E-state index is 2.12. The molecule has 1 radical (unpaired) electrons. The van der Waals surface area contributed by atoms with Gasteiger partial charge in [-0.15, -0.1) is 0 Å². The fourth-order valence-electron chi connectivity index (χ4n) is 0.393. The van der Waals surface area contributed by atoms with Crippen molar-refractivity contribution in [1.29, 1.82) is 0 Å². The molecule has 0 saturated carbocycles. The van der Waals surface area contributed by atoms with E-state index in [9.17, 15) is 0 Å². The first-order valence-electron chi connectivity index (χ1n) is 1.82. The van der Waals surface area contributed by atoms with Gasteiger partial charge < -0.3 is 0 Å². The van der Waals surface area contributed by atoms with E-state index in [0.717, 1.165) is 6.42 Å². The first-order valence-corrected chi connectivity index (χ1v) is 1.82. The van der Waals surface area contributed by atoms with Crippen LogP contribution in [0.1, 0.15) is 6.42 Å². The molecule has 29 valence electrons. The fourth-order valence-corrected chi connectivity index (χ4v) is 0.393. The molecule has 0 spiro atoms. The molecule has 0 atom stereocenters. The van der Waals surface area contributed by atoms with E-state index in [-0.39, 0.29) is 18.6 Å². The molecule has 0 aromatic rings. The summed E-state index contributed by atoms with van der Waals surface area (Å²) in [7, 11) is 0. The van der Waals surface area contributed by atoms with Crippen molar-refractivity contribution in [3.05, 3.63) is 24.3 Å². The maximum absolute atomic E-state index is 2.12. The van der Waals surface area contributed by atoms with Gasteiger partial charge in [-0.3, -0.25) is 0 Å². The monoisotopic (exact) mass is 117 g/mol. The third-order valence-corrected chi connectivity index (χ3v) is 0.655.